The smallest absolute Gasteiger partial charge is 0.227 e. The summed E-state index contributed by atoms with van der Waals surface area (Å²) < 4.78 is 6.27. The Morgan fingerprint density at radius 3 is 2.02 bits per heavy atom. The van der Waals surface area contributed by atoms with Gasteiger partial charge in [-0.2, -0.15) is 0 Å². The van der Waals surface area contributed by atoms with E-state index in [0.29, 0.717) is 5.89 Å². The van der Waals surface area contributed by atoms with E-state index in [1.807, 2.05) is 30.3 Å². The third kappa shape index (κ3) is 4.07. The molecule has 2 heterocycles. The molecular weight excluding hydrogens is 500 g/mol. The van der Waals surface area contributed by atoms with Gasteiger partial charge in [0.25, 0.3) is 0 Å². The highest BCUT2D eigenvalue weighted by Gasteiger charge is 2.18. The summed E-state index contributed by atoms with van der Waals surface area (Å²) in [6, 6.07) is 50.4. The van der Waals surface area contributed by atoms with Crippen LogP contribution in [-0.4, -0.2) is 9.97 Å². The second-order valence-corrected chi connectivity index (χ2v) is 10.2. The molecule has 0 N–H and O–H groups in total. The van der Waals surface area contributed by atoms with E-state index in [1.54, 1.807) is 0 Å². The van der Waals surface area contributed by atoms with Crippen molar-refractivity contribution in [3.63, 3.8) is 0 Å². The Kier molecular flexibility index (Phi) is 5.46. The molecule has 0 amide bonds. The normalized spacial score (nSPS) is 11.4. The average Bonchev–Trinajstić information content (AvgIpc) is 3.48. The van der Waals surface area contributed by atoms with Crippen LogP contribution in [0.15, 0.2) is 150 Å². The molecule has 3 heteroatoms. The van der Waals surface area contributed by atoms with Crippen molar-refractivity contribution >= 4 is 32.8 Å². The zero-order valence-electron chi connectivity index (χ0n) is 22.2. The molecule has 192 valence electrons. The van der Waals surface area contributed by atoms with Crippen LogP contribution in [0, 0.1) is 0 Å². The lowest BCUT2D eigenvalue weighted by Crippen LogP contribution is -1.92. The van der Waals surface area contributed by atoms with Crippen LogP contribution in [0.2, 0.25) is 0 Å². The van der Waals surface area contributed by atoms with Crippen LogP contribution >= 0.6 is 0 Å². The van der Waals surface area contributed by atoms with E-state index in [-0.39, 0.29) is 0 Å². The fraction of sp³-hybridized carbons (Fsp3) is 0. The molecule has 0 fully saturated rings. The second-order valence-electron chi connectivity index (χ2n) is 10.2. The van der Waals surface area contributed by atoms with Gasteiger partial charge in [-0.05, 0) is 63.9 Å². The first-order valence-electron chi connectivity index (χ1n) is 13.8. The number of nitrogens with zero attached hydrogens (tertiary/aromatic N) is 2. The van der Waals surface area contributed by atoms with E-state index in [2.05, 4.69) is 115 Å². The molecule has 0 aliphatic carbocycles. The Bertz CT molecular complexity index is 2180. The van der Waals surface area contributed by atoms with Gasteiger partial charge in [0.2, 0.25) is 5.89 Å². The van der Waals surface area contributed by atoms with Crippen molar-refractivity contribution in [2.45, 2.75) is 0 Å². The summed E-state index contributed by atoms with van der Waals surface area (Å²) in [5, 5.41) is 3.47. The van der Waals surface area contributed by atoms with Gasteiger partial charge in [-0.3, -0.25) is 0 Å². The molecule has 2 aromatic heterocycles. The molecule has 8 rings (SSSR count). The second kappa shape index (κ2) is 9.58. The topological polar surface area (TPSA) is 38.9 Å². The van der Waals surface area contributed by atoms with Gasteiger partial charge in [0.15, 0.2) is 5.58 Å². The highest BCUT2D eigenvalue weighted by atomic mass is 16.3. The molecule has 0 bridgehead atoms. The lowest BCUT2D eigenvalue weighted by molar-refractivity contribution is 0.620. The molecule has 0 saturated heterocycles. The number of hydrogen-bond donors (Lipinski definition) is 0. The zero-order valence-corrected chi connectivity index (χ0v) is 22.2. The van der Waals surface area contributed by atoms with Crippen LogP contribution in [-0.2, 0) is 0 Å². The van der Waals surface area contributed by atoms with Crippen LogP contribution in [0.25, 0.3) is 77.7 Å². The summed E-state index contributed by atoms with van der Waals surface area (Å²) in [4.78, 5) is 9.96. The standard InChI is InChI=1S/C38H24N2O/c1-2-11-25(12-3-1)32-24-35(39-33-18-7-6-17-30(32)33)27-14-10-15-28(23-27)37-29-16-5-4-13-26(29)21-22-31(37)38-40-34-19-8-9-20-36(34)41-38/h1-24H. The molecule has 3 nitrogen and oxygen atoms in total. The van der Waals surface area contributed by atoms with Crippen molar-refractivity contribution in [3.05, 3.63) is 146 Å². The molecule has 6 aromatic carbocycles. The Hall–Kier alpha value is -5.54. The van der Waals surface area contributed by atoms with Crippen molar-refractivity contribution in [3.8, 4) is 45.0 Å². The molecule has 0 aliphatic rings. The number of pyridine rings is 1. The quantitative estimate of drug-likeness (QED) is 0.230. The first-order valence-corrected chi connectivity index (χ1v) is 13.8. The first-order chi connectivity index (χ1) is 20.3. The number of fused-ring (bicyclic) bond motifs is 3. The Labute approximate surface area is 237 Å². The van der Waals surface area contributed by atoms with Crippen molar-refractivity contribution in [2.75, 3.05) is 0 Å². The van der Waals surface area contributed by atoms with E-state index >= 15 is 0 Å². The van der Waals surface area contributed by atoms with Gasteiger partial charge in [-0.1, -0.05) is 109 Å². The van der Waals surface area contributed by atoms with Gasteiger partial charge in [0.05, 0.1) is 11.2 Å². The van der Waals surface area contributed by atoms with Gasteiger partial charge in [0.1, 0.15) is 5.52 Å². The minimum absolute atomic E-state index is 0.618. The Morgan fingerprint density at radius 2 is 1.15 bits per heavy atom. The van der Waals surface area contributed by atoms with Crippen LogP contribution in [0.5, 0.6) is 0 Å². The first kappa shape index (κ1) is 23.4. The molecular formula is C38H24N2O. The van der Waals surface area contributed by atoms with Crippen LogP contribution in [0.4, 0.5) is 0 Å². The van der Waals surface area contributed by atoms with Gasteiger partial charge in [-0.15, -0.1) is 0 Å². The van der Waals surface area contributed by atoms with Crippen LogP contribution < -0.4 is 0 Å². The lowest BCUT2D eigenvalue weighted by Gasteiger charge is -2.14. The predicted molar refractivity (Wildman–Crippen MR) is 169 cm³/mol. The maximum absolute atomic E-state index is 6.27. The largest absolute Gasteiger partial charge is 0.436 e. The van der Waals surface area contributed by atoms with Gasteiger partial charge < -0.3 is 4.42 Å². The predicted octanol–water partition coefficient (Wildman–Crippen LogP) is 10.2. The Balaban J connectivity index is 1.35. The summed E-state index contributed by atoms with van der Waals surface area (Å²) in [5.74, 6) is 0.618. The van der Waals surface area contributed by atoms with Crippen LogP contribution in [0.1, 0.15) is 0 Å². The number of aromatic nitrogens is 2. The van der Waals surface area contributed by atoms with Crippen molar-refractivity contribution in [1.29, 1.82) is 0 Å². The zero-order chi connectivity index (χ0) is 27.2. The maximum Gasteiger partial charge on any atom is 0.227 e. The molecule has 0 atom stereocenters. The summed E-state index contributed by atoms with van der Waals surface area (Å²) in [6.45, 7) is 0. The number of para-hydroxylation sites is 3. The molecule has 0 radical (unpaired) electrons. The number of hydrogen-bond acceptors (Lipinski definition) is 3. The molecule has 8 aromatic rings. The van der Waals surface area contributed by atoms with Crippen molar-refractivity contribution in [2.24, 2.45) is 0 Å². The van der Waals surface area contributed by atoms with E-state index in [4.69, 9.17) is 14.4 Å². The maximum atomic E-state index is 6.27. The summed E-state index contributed by atoms with van der Waals surface area (Å²) >= 11 is 0. The molecule has 0 saturated carbocycles. The van der Waals surface area contributed by atoms with Gasteiger partial charge in [-0.25, -0.2) is 9.97 Å². The minimum atomic E-state index is 0.618. The van der Waals surface area contributed by atoms with E-state index in [9.17, 15) is 0 Å². The number of rotatable bonds is 4. The molecule has 0 aliphatic heterocycles. The average molecular weight is 525 g/mol. The van der Waals surface area contributed by atoms with Gasteiger partial charge in [0, 0.05) is 22.1 Å². The summed E-state index contributed by atoms with van der Waals surface area (Å²) in [6.07, 6.45) is 0. The lowest BCUT2D eigenvalue weighted by atomic mass is 9.91. The molecule has 0 unspecified atom stereocenters. The van der Waals surface area contributed by atoms with Crippen molar-refractivity contribution < 1.29 is 4.42 Å². The van der Waals surface area contributed by atoms with E-state index in [0.717, 1.165) is 55.3 Å². The fourth-order valence-electron chi connectivity index (χ4n) is 5.76. The van der Waals surface area contributed by atoms with Crippen molar-refractivity contribution in [1.82, 2.24) is 9.97 Å². The number of oxazole rings is 1. The minimum Gasteiger partial charge on any atom is -0.436 e. The molecule has 41 heavy (non-hydrogen) atoms. The van der Waals surface area contributed by atoms with Crippen LogP contribution in [0.3, 0.4) is 0 Å². The monoisotopic (exact) mass is 524 g/mol. The fourth-order valence-corrected chi connectivity index (χ4v) is 5.76. The SMILES string of the molecule is c1ccc(-c2cc(-c3cccc(-c4c(-c5nc6ccccc6o5)ccc5ccccc45)c3)nc3ccccc23)cc1. The number of benzene rings is 6. The van der Waals surface area contributed by atoms with E-state index in [1.165, 1.54) is 16.5 Å². The molecule has 0 spiro atoms. The Morgan fingerprint density at radius 1 is 0.439 bits per heavy atom. The highest BCUT2D eigenvalue weighted by Crippen LogP contribution is 2.40. The van der Waals surface area contributed by atoms with Gasteiger partial charge >= 0.3 is 0 Å². The summed E-state index contributed by atoms with van der Waals surface area (Å²) in [5.41, 5.74) is 10.1. The van der Waals surface area contributed by atoms with E-state index < -0.39 is 0 Å². The third-order valence-electron chi connectivity index (χ3n) is 7.70. The third-order valence-corrected chi connectivity index (χ3v) is 7.70. The highest BCUT2D eigenvalue weighted by molar-refractivity contribution is 6.04. The summed E-state index contributed by atoms with van der Waals surface area (Å²) in [7, 11) is 0.